The lowest BCUT2D eigenvalue weighted by Gasteiger charge is -2.48. The minimum atomic E-state index is -0.0963. The van der Waals surface area contributed by atoms with Crippen LogP contribution in [0.4, 0.5) is 10.5 Å². The number of benzene rings is 3. The zero-order chi connectivity index (χ0) is 23.3. The summed E-state index contributed by atoms with van der Waals surface area (Å²) in [5.74, 6) is 0. The van der Waals surface area contributed by atoms with E-state index in [4.69, 9.17) is 0 Å². The molecule has 5 heteroatoms. The van der Waals surface area contributed by atoms with Crippen LogP contribution in [0.15, 0.2) is 84.9 Å². The minimum absolute atomic E-state index is 0.0579. The van der Waals surface area contributed by atoms with E-state index in [0.717, 1.165) is 49.3 Å². The summed E-state index contributed by atoms with van der Waals surface area (Å²) in [7, 11) is 0. The number of para-hydroxylation sites is 1. The first-order valence-electron chi connectivity index (χ1n) is 12.4. The van der Waals surface area contributed by atoms with Gasteiger partial charge in [0.1, 0.15) is 0 Å². The number of fused-ring (bicyclic) bond motifs is 1. The molecule has 3 aromatic rings. The van der Waals surface area contributed by atoms with Gasteiger partial charge in [-0.3, -0.25) is 9.80 Å². The summed E-state index contributed by atoms with van der Waals surface area (Å²) >= 11 is 0. The van der Waals surface area contributed by atoms with E-state index in [1.807, 2.05) is 23.1 Å². The molecule has 1 fully saturated rings. The number of aliphatic hydroxyl groups is 1. The van der Waals surface area contributed by atoms with E-state index in [1.54, 1.807) is 0 Å². The van der Waals surface area contributed by atoms with E-state index in [0.29, 0.717) is 13.0 Å². The fourth-order valence-electron chi connectivity index (χ4n) is 5.45. The summed E-state index contributed by atoms with van der Waals surface area (Å²) in [5.41, 5.74) is 4.61. The van der Waals surface area contributed by atoms with Gasteiger partial charge in [-0.1, -0.05) is 78.9 Å². The molecule has 0 spiro atoms. The molecule has 34 heavy (non-hydrogen) atoms. The number of rotatable bonds is 7. The van der Waals surface area contributed by atoms with Gasteiger partial charge in [0.05, 0.1) is 11.7 Å². The van der Waals surface area contributed by atoms with Crippen molar-refractivity contribution in [2.75, 3.05) is 31.1 Å². The molecule has 0 aromatic heterocycles. The fourth-order valence-corrected chi connectivity index (χ4v) is 5.45. The minimum Gasteiger partial charge on any atom is -0.396 e. The number of hydrogen-bond acceptors (Lipinski definition) is 3. The Labute approximate surface area is 202 Å². The Kier molecular flexibility index (Phi) is 6.93. The van der Waals surface area contributed by atoms with Gasteiger partial charge in [0.25, 0.3) is 0 Å². The van der Waals surface area contributed by atoms with Crippen molar-refractivity contribution in [3.05, 3.63) is 102 Å². The zero-order valence-electron chi connectivity index (χ0n) is 19.6. The molecule has 3 aromatic carbocycles. The van der Waals surface area contributed by atoms with Crippen molar-refractivity contribution in [1.82, 2.24) is 9.80 Å². The van der Waals surface area contributed by atoms with Crippen molar-refractivity contribution in [3.8, 4) is 0 Å². The molecule has 2 aliphatic rings. The van der Waals surface area contributed by atoms with Crippen LogP contribution in [0.3, 0.4) is 0 Å². The van der Waals surface area contributed by atoms with E-state index in [-0.39, 0.29) is 24.7 Å². The molecule has 0 aliphatic carbocycles. The molecule has 2 heterocycles. The summed E-state index contributed by atoms with van der Waals surface area (Å²) in [6, 6.07) is 29.4. The second-order valence-corrected chi connectivity index (χ2v) is 9.28. The normalized spacial score (nSPS) is 19.3. The monoisotopic (exact) mass is 455 g/mol. The number of nitrogens with zero attached hydrogens (tertiary/aromatic N) is 3. The third kappa shape index (κ3) is 4.59. The van der Waals surface area contributed by atoms with Crippen molar-refractivity contribution in [3.63, 3.8) is 0 Å². The third-order valence-electron chi connectivity index (χ3n) is 7.11. The lowest BCUT2D eigenvalue weighted by atomic mass is 9.89. The first-order valence-corrected chi connectivity index (χ1v) is 12.4. The first kappa shape index (κ1) is 22.6. The Hall–Kier alpha value is -3.15. The predicted molar refractivity (Wildman–Crippen MR) is 136 cm³/mol. The molecule has 2 amide bonds. The van der Waals surface area contributed by atoms with Crippen LogP contribution < -0.4 is 4.90 Å². The molecule has 0 radical (unpaired) electrons. The molecular weight excluding hydrogens is 422 g/mol. The van der Waals surface area contributed by atoms with Gasteiger partial charge in [-0.15, -0.1) is 0 Å². The van der Waals surface area contributed by atoms with Gasteiger partial charge in [-0.05, 0) is 36.5 Å². The van der Waals surface area contributed by atoms with Crippen molar-refractivity contribution in [2.24, 2.45) is 0 Å². The SMILES string of the molecule is O=C1N(CCCO)c2ccccc2C(c2ccccc2)N1C1CCN(Cc2ccccc2)CC1. The molecule has 1 unspecified atom stereocenters. The van der Waals surface area contributed by atoms with E-state index in [1.165, 1.54) is 5.56 Å². The fraction of sp³-hybridized carbons (Fsp3) is 0.345. The highest BCUT2D eigenvalue weighted by Crippen LogP contribution is 2.43. The van der Waals surface area contributed by atoms with Gasteiger partial charge in [0, 0.05) is 44.4 Å². The van der Waals surface area contributed by atoms with Crippen molar-refractivity contribution < 1.29 is 9.90 Å². The van der Waals surface area contributed by atoms with Crippen LogP contribution in [0.5, 0.6) is 0 Å². The molecule has 5 nitrogen and oxygen atoms in total. The maximum Gasteiger partial charge on any atom is 0.325 e. The summed E-state index contributed by atoms with van der Waals surface area (Å²) in [6.07, 6.45) is 2.48. The van der Waals surface area contributed by atoms with Crippen molar-refractivity contribution >= 4 is 11.7 Å². The van der Waals surface area contributed by atoms with E-state index < -0.39 is 0 Å². The highest BCUT2D eigenvalue weighted by atomic mass is 16.3. The predicted octanol–water partition coefficient (Wildman–Crippen LogP) is 5.07. The highest BCUT2D eigenvalue weighted by molar-refractivity contribution is 5.96. The average molecular weight is 456 g/mol. The van der Waals surface area contributed by atoms with Crippen LogP contribution in [0, 0.1) is 0 Å². The van der Waals surface area contributed by atoms with Crippen LogP contribution in [-0.4, -0.2) is 53.2 Å². The molecule has 0 saturated carbocycles. The van der Waals surface area contributed by atoms with Gasteiger partial charge in [-0.25, -0.2) is 4.79 Å². The van der Waals surface area contributed by atoms with Crippen LogP contribution in [0.25, 0.3) is 0 Å². The second-order valence-electron chi connectivity index (χ2n) is 9.28. The number of carbonyl (C=O) groups is 1. The second kappa shape index (κ2) is 10.4. The summed E-state index contributed by atoms with van der Waals surface area (Å²) < 4.78 is 0. The molecule has 1 atom stereocenters. The Morgan fingerprint density at radius 2 is 1.47 bits per heavy atom. The van der Waals surface area contributed by atoms with E-state index in [9.17, 15) is 9.90 Å². The summed E-state index contributed by atoms with van der Waals surface area (Å²) in [6.45, 7) is 3.50. The standard InChI is InChI=1S/C29H33N3O2/c33-21-9-18-31-27-15-8-7-14-26(27)28(24-12-5-2-6-13-24)32(29(31)34)25-16-19-30(20-17-25)22-23-10-3-1-4-11-23/h1-8,10-15,25,28,33H,9,16-22H2. The van der Waals surface area contributed by atoms with Crippen molar-refractivity contribution in [1.29, 1.82) is 0 Å². The quantitative estimate of drug-likeness (QED) is 0.541. The number of hydrogen-bond donors (Lipinski definition) is 1. The Morgan fingerprint density at radius 3 is 2.18 bits per heavy atom. The van der Waals surface area contributed by atoms with E-state index in [2.05, 4.69) is 76.5 Å². The average Bonchev–Trinajstić information content (AvgIpc) is 2.89. The van der Waals surface area contributed by atoms with Gasteiger partial charge in [0.2, 0.25) is 0 Å². The molecular formula is C29H33N3O2. The van der Waals surface area contributed by atoms with E-state index >= 15 is 0 Å². The molecule has 1 N–H and O–H groups in total. The number of piperidine rings is 1. The Balaban J connectivity index is 1.44. The smallest absolute Gasteiger partial charge is 0.325 e. The Bertz CT molecular complexity index is 1080. The Morgan fingerprint density at radius 1 is 0.824 bits per heavy atom. The number of likely N-dealkylation sites (tertiary alicyclic amines) is 1. The molecule has 2 aliphatic heterocycles. The maximum atomic E-state index is 14.0. The number of anilines is 1. The summed E-state index contributed by atoms with van der Waals surface area (Å²) in [4.78, 5) is 20.5. The lowest BCUT2D eigenvalue weighted by Crippen LogP contribution is -2.56. The number of urea groups is 1. The van der Waals surface area contributed by atoms with Gasteiger partial charge < -0.3 is 10.0 Å². The molecule has 0 bridgehead atoms. The van der Waals surface area contributed by atoms with Gasteiger partial charge in [-0.2, -0.15) is 0 Å². The molecule has 1 saturated heterocycles. The van der Waals surface area contributed by atoms with Gasteiger partial charge in [0.15, 0.2) is 0 Å². The largest absolute Gasteiger partial charge is 0.396 e. The first-order chi connectivity index (χ1) is 16.8. The van der Waals surface area contributed by atoms with Crippen LogP contribution in [0.1, 0.15) is 42.0 Å². The third-order valence-corrected chi connectivity index (χ3v) is 7.11. The molecule has 5 rings (SSSR count). The number of amides is 2. The number of aliphatic hydroxyl groups excluding tert-OH is 1. The van der Waals surface area contributed by atoms with Gasteiger partial charge >= 0.3 is 6.03 Å². The van der Waals surface area contributed by atoms with Crippen LogP contribution >= 0.6 is 0 Å². The maximum absolute atomic E-state index is 14.0. The topological polar surface area (TPSA) is 47.0 Å². The molecule has 176 valence electrons. The van der Waals surface area contributed by atoms with Crippen LogP contribution in [-0.2, 0) is 6.54 Å². The van der Waals surface area contributed by atoms with Crippen LogP contribution in [0.2, 0.25) is 0 Å². The summed E-state index contributed by atoms with van der Waals surface area (Å²) in [5, 5.41) is 9.47. The van der Waals surface area contributed by atoms with Crippen molar-refractivity contribution in [2.45, 2.75) is 37.9 Å². The zero-order valence-corrected chi connectivity index (χ0v) is 19.6. The highest BCUT2D eigenvalue weighted by Gasteiger charge is 2.42. The number of carbonyl (C=O) groups excluding carboxylic acids is 1. The lowest BCUT2D eigenvalue weighted by molar-refractivity contribution is 0.101.